The minimum Gasteiger partial charge on any atom is -0.322 e. The Labute approximate surface area is 144 Å². The molecule has 1 fully saturated rings. The highest BCUT2D eigenvalue weighted by atomic mass is 16.1. The van der Waals surface area contributed by atoms with Crippen molar-refractivity contribution in [1.29, 1.82) is 0 Å². The summed E-state index contributed by atoms with van der Waals surface area (Å²) in [5.41, 5.74) is 3.01. The Morgan fingerprint density at radius 1 is 1.29 bits per heavy atom. The SMILES string of the molecule is Cc1ccc2[nH]c(=O)c(CN(C)CCN3CCCCC3C)cc2c1. The van der Waals surface area contributed by atoms with Crippen molar-refractivity contribution in [3.05, 3.63) is 45.7 Å². The van der Waals surface area contributed by atoms with E-state index in [1.807, 2.05) is 18.2 Å². The van der Waals surface area contributed by atoms with E-state index in [0.29, 0.717) is 12.6 Å². The molecule has 1 saturated heterocycles. The molecule has 2 aromatic rings. The van der Waals surface area contributed by atoms with Crippen LogP contribution in [0.1, 0.15) is 37.3 Å². The predicted octanol–water partition coefficient (Wildman–Crippen LogP) is 3.14. The fourth-order valence-electron chi connectivity index (χ4n) is 3.65. The van der Waals surface area contributed by atoms with E-state index in [1.54, 1.807) is 0 Å². The summed E-state index contributed by atoms with van der Waals surface area (Å²) in [5, 5.41) is 1.11. The van der Waals surface area contributed by atoms with Gasteiger partial charge in [-0.2, -0.15) is 0 Å². The smallest absolute Gasteiger partial charge is 0.252 e. The van der Waals surface area contributed by atoms with Crippen LogP contribution in [0.15, 0.2) is 29.1 Å². The number of fused-ring (bicyclic) bond motifs is 1. The standard InChI is InChI=1S/C20H29N3O/c1-15-7-8-19-17(12-15)13-18(20(24)21-19)14-22(3)10-11-23-9-5-4-6-16(23)2/h7-8,12-13,16H,4-6,9-11,14H2,1-3H3,(H,21,24). The third-order valence-corrected chi connectivity index (χ3v) is 5.23. The highest BCUT2D eigenvalue weighted by Gasteiger charge is 2.18. The van der Waals surface area contributed by atoms with E-state index in [1.165, 1.54) is 31.4 Å². The number of hydrogen-bond acceptors (Lipinski definition) is 3. The molecule has 2 heterocycles. The van der Waals surface area contributed by atoms with Crippen LogP contribution in [0.4, 0.5) is 0 Å². The second kappa shape index (κ2) is 7.49. The lowest BCUT2D eigenvalue weighted by Crippen LogP contribution is -2.41. The molecule has 0 bridgehead atoms. The summed E-state index contributed by atoms with van der Waals surface area (Å²) in [6, 6.07) is 8.88. The molecule has 130 valence electrons. The van der Waals surface area contributed by atoms with Gasteiger partial charge in [-0.3, -0.25) is 9.69 Å². The van der Waals surface area contributed by atoms with Crippen LogP contribution in [0.2, 0.25) is 0 Å². The van der Waals surface area contributed by atoms with Gasteiger partial charge < -0.3 is 9.88 Å². The van der Waals surface area contributed by atoms with E-state index in [0.717, 1.165) is 29.6 Å². The summed E-state index contributed by atoms with van der Waals surface area (Å²) in [7, 11) is 2.11. The maximum atomic E-state index is 12.3. The second-order valence-corrected chi connectivity index (χ2v) is 7.33. The number of aromatic nitrogens is 1. The molecular formula is C20H29N3O. The number of nitrogens with zero attached hydrogens (tertiary/aromatic N) is 2. The zero-order chi connectivity index (χ0) is 17.1. The van der Waals surface area contributed by atoms with Crippen LogP contribution in [0.5, 0.6) is 0 Å². The molecule has 0 saturated carbocycles. The first-order valence-electron chi connectivity index (χ1n) is 9.08. The number of likely N-dealkylation sites (N-methyl/N-ethyl adjacent to an activating group) is 1. The van der Waals surface area contributed by atoms with Crippen LogP contribution in [-0.2, 0) is 6.54 Å². The number of hydrogen-bond donors (Lipinski definition) is 1. The van der Waals surface area contributed by atoms with Gasteiger partial charge in [0.1, 0.15) is 0 Å². The predicted molar refractivity (Wildman–Crippen MR) is 101 cm³/mol. The summed E-state index contributed by atoms with van der Waals surface area (Å²) in [5.74, 6) is 0. The van der Waals surface area contributed by atoms with Crippen molar-refractivity contribution >= 4 is 10.9 Å². The number of pyridine rings is 1. The third kappa shape index (κ3) is 4.05. The third-order valence-electron chi connectivity index (χ3n) is 5.23. The largest absolute Gasteiger partial charge is 0.322 e. The van der Waals surface area contributed by atoms with E-state index in [4.69, 9.17) is 0 Å². The topological polar surface area (TPSA) is 39.3 Å². The van der Waals surface area contributed by atoms with Gasteiger partial charge in [0.05, 0.1) is 0 Å². The van der Waals surface area contributed by atoms with Gasteiger partial charge in [0.2, 0.25) is 0 Å². The van der Waals surface area contributed by atoms with Gasteiger partial charge in [0, 0.05) is 36.8 Å². The quantitative estimate of drug-likeness (QED) is 0.917. The molecule has 1 aliphatic rings. The molecule has 1 unspecified atom stereocenters. The van der Waals surface area contributed by atoms with Crippen molar-refractivity contribution in [2.24, 2.45) is 0 Å². The lowest BCUT2D eigenvalue weighted by molar-refractivity contribution is 0.141. The average molecular weight is 327 g/mol. The number of piperidine rings is 1. The van der Waals surface area contributed by atoms with E-state index in [2.05, 4.69) is 41.7 Å². The van der Waals surface area contributed by atoms with E-state index in [-0.39, 0.29) is 5.56 Å². The molecule has 1 atom stereocenters. The first kappa shape index (κ1) is 17.2. The number of likely N-dealkylation sites (tertiary alicyclic amines) is 1. The van der Waals surface area contributed by atoms with Crippen LogP contribution >= 0.6 is 0 Å². The van der Waals surface area contributed by atoms with E-state index >= 15 is 0 Å². The van der Waals surface area contributed by atoms with Crippen molar-refractivity contribution in [1.82, 2.24) is 14.8 Å². The van der Waals surface area contributed by atoms with Crippen LogP contribution in [0.25, 0.3) is 10.9 Å². The number of rotatable bonds is 5. The monoisotopic (exact) mass is 327 g/mol. The molecule has 1 aliphatic heterocycles. The summed E-state index contributed by atoms with van der Waals surface area (Å²) in [6.45, 7) is 8.40. The fourth-order valence-corrected chi connectivity index (χ4v) is 3.65. The van der Waals surface area contributed by atoms with Crippen molar-refractivity contribution < 1.29 is 0 Å². The summed E-state index contributed by atoms with van der Waals surface area (Å²) < 4.78 is 0. The average Bonchev–Trinajstić information content (AvgIpc) is 2.55. The molecule has 0 radical (unpaired) electrons. The van der Waals surface area contributed by atoms with Crippen molar-refractivity contribution in [2.75, 3.05) is 26.7 Å². The number of aryl methyl sites for hydroxylation is 1. The number of benzene rings is 1. The van der Waals surface area contributed by atoms with Crippen molar-refractivity contribution in [2.45, 2.75) is 45.7 Å². The first-order valence-corrected chi connectivity index (χ1v) is 9.08. The lowest BCUT2D eigenvalue weighted by Gasteiger charge is -2.34. The molecule has 4 heteroatoms. The maximum Gasteiger partial charge on any atom is 0.252 e. The molecule has 1 aromatic carbocycles. The van der Waals surface area contributed by atoms with Crippen LogP contribution in [0, 0.1) is 6.92 Å². The zero-order valence-corrected chi connectivity index (χ0v) is 15.1. The Kier molecular flexibility index (Phi) is 5.36. The molecule has 3 rings (SSSR count). The zero-order valence-electron chi connectivity index (χ0n) is 15.1. The minimum absolute atomic E-state index is 0.0320. The van der Waals surface area contributed by atoms with Gasteiger partial charge in [0.15, 0.2) is 0 Å². The van der Waals surface area contributed by atoms with Crippen molar-refractivity contribution in [3.63, 3.8) is 0 Å². The minimum atomic E-state index is 0.0320. The molecule has 0 spiro atoms. The number of aromatic amines is 1. The van der Waals surface area contributed by atoms with Crippen LogP contribution in [0.3, 0.4) is 0 Å². The van der Waals surface area contributed by atoms with Gasteiger partial charge in [-0.15, -0.1) is 0 Å². The normalized spacial score (nSPS) is 19.2. The Bertz CT molecular complexity index is 752. The van der Waals surface area contributed by atoms with Crippen molar-refractivity contribution in [3.8, 4) is 0 Å². The second-order valence-electron chi connectivity index (χ2n) is 7.33. The van der Waals surface area contributed by atoms with Gasteiger partial charge >= 0.3 is 0 Å². The highest BCUT2D eigenvalue weighted by Crippen LogP contribution is 2.16. The molecular weight excluding hydrogens is 298 g/mol. The van der Waals surface area contributed by atoms with Crippen LogP contribution in [-0.4, -0.2) is 47.5 Å². The molecule has 1 aromatic heterocycles. The molecule has 0 amide bonds. The molecule has 0 aliphatic carbocycles. The number of nitrogens with one attached hydrogen (secondary N) is 1. The first-order chi connectivity index (χ1) is 11.5. The van der Waals surface area contributed by atoms with E-state index < -0.39 is 0 Å². The van der Waals surface area contributed by atoms with Gasteiger partial charge in [0.25, 0.3) is 5.56 Å². The Balaban J connectivity index is 1.65. The lowest BCUT2D eigenvalue weighted by atomic mass is 10.0. The van der Waals surface area contributed by atoms with Gasteiger partial charge in [-0.25, -0.2) is 0 Å². The fraction of sp³-hybridized carbons (Fsp3) is 0.550. The Morgan fingerprint density at radius 3 is 2.92 bits per heavy atom. The Hall–Kier alpha value is -1.65. The summed E-state index contributed by atoms with van der Waals surface area (Å²) in [4.78, 5) is 20.2. The number of H-pyrrole nitrogens is 1. The summed E-state index contributed by atoms with van der Waals surface area (Å²) >= 11 is 0. The molecule has 1 N–H and O–H groups in total. The highest BCUT2D eigenvalue weighted by molar-refractivity contribution is 5.79. The Morgan fingerprint density at radius 2 is 2.12 bits per heavy atom. The molecule has 4 nitrogen and oxygen atoms in total. The molecule has 24 heavy (non-hydrogen) atoms. The van der Waals surface area contributed by atoms with Gasteiger partial charge in [-0.1, -0.05) is 18.1 Å². The maximum absolute atomic E-state index is 12.3. The van der Waals surface area contributed by atoms with Gasteiger partial charge in [-0.05, 0) is 63.9 Å². The van der Waals surface area contributed by atoms with E-state index in [9.17, 15) is 4.79 Å². The van der Waals surface area contributed by atoms with Crippen LogP contribution < -0.4 is 5.56 Å². The summed E-state index contributed by atoms with van der Waals surface area (Å²) in [6.07, 6.45) is 3.99.